The average Bonchev–Trinajstić information content (AvgIpc) is 3.03. The number of amides is 1. The number of hydrogen-bond donors (Lipinski definition) is 2. The zero-order chi connectivity index (χ0) is 17.2. The van der Waals surface area contributed by atoms with Crippen LogP contribution in [-0.2, 0) is 0 Å². The molecule has 1 saturated carbocycles. The van der Waals surface area contributed by atoms with Crippen LogP contribution in [0.2, 0.25) is 5.02 Å². The summed E-state index contributed by atoms with van der Waals surface area (Å²) in [7, 11) is 0. The van der Waals surface area contributed by atoms with Crippen LogP contribution >= 0.6 is 11.6 Å². The van der Waals surface area contributed by atoms with Crippen LogP contribution in [0.3, 0.4) is 0 Å². The van der Waals surface area contributed by atoms with Crippen molar-refractivity contribution in [3.63, 3.8) is 0 Å². The predicted octanol–water partition coefficient (Wildman–Crippen LogP) is 3.47. The van der Waals surface area contributed by atoms with Gasteiger partial charge in [0.15, 0.2) is 5.76 Å². The Morgan fingerprint density at radius 1 is 1.42 bits per heavy atom. The van der Waals surface area contributed by atoms with Crippen LogP contribution < -0.4 is 5.73 Å². The maximum Gasteiger partial charge on any atom is 0.284 e. The molecule has 1 fully saturated rings. The van der Waals surface area contributed by atoms with Gasteiger partial charge in [0.05, 0.1) is 6.26 Å². The molecule has 2 aromatic rings. The van der Waals surface area contributed by atoms with Crippen molar-refractivity contribution in [2.45, 2.75) is 37.2 Å². The Balaban J connectivity index is 1.82. The van der Waals surface area contributed by atoms with E-state index in [4.69, 9.17) is 21.8 Å². The molecule has 0 bridgehead atoms. The van der Waals surface area contributed by atoms with Gasteiger partial charge < -0.3 is 15.3 Å². The summed E-state index contributed by atoms with van der Waals surface area (Å²) in [5.41, 5.74) is 5.76. The van der Waals surface area contributed by atoms with E-state index in [1.54, 1.807) is 18.2 Å². The van der Waals surface area contributed by atoms with E-state index >= 15 is 0 Å². The molecule has 3 rings (SSSR count). The summed E-state index contributed by atoms with van der Waals surface area (Å²) in [6.45, 7) is 0. The van der Waals surface area contributed by atoms with Gasteiger partial charge in [-0.25, -0.2) is 0 Å². The third-order valence-electron chi connectivity index (χ3n) is 4.35. The first-order valence-corrected chi connectivity index (χ1v) is 8.23. The fraction of sp³-hybridized carbons (Fsp3) is 0.316. The van der Waals surface area contributed by atoms with Crippen LogP contribution in [0.1, 0.15) is 53.3 Å². The number of primary amides is 1. The minimum absolute atomic E-state index is 0.00124. The van der Waals surface area contributed by atoms with Crippen LogP contribution in [0, 0.1) is 11.8 Å². The highest BCUT2D eigenvalue weighted by molar-refractivity contribution is 6.30. The summed E-state index contributed by atoms with van der Waals surface area (Å²) < 4.78 is 5.18. The number of aliphatic hydroxyl groups is 1. The molecule has 2 atom stereocenters. The quantitative estimate of drug-likeness (QED) is 0.820. The molecule has 24 heavy (non-hydrogen) atoms. The first-order valence-electron chi connectivity index (χ1n) is 7.85. The molecule has 124 valence electrons. The number of carbonyl (C=O) groups is 1. The fourth-order valence-electron chi connectivity index (χ4n) is 3.23. The van der Waals surface area contributed by atoms with Gasteiger partial charge in [-0.05, 0) is 55.9 Å². The van der Waals surface area contributed by atoms with E-state index in [0.29, 0.717) is 17.9 Å². The van der Waals surface area contributed by atoms with Crippen LogP contribution in [0.15, 0.2) is 41.0 Å². The molecule has 1 aliphatic carbocycles. The van der Waals surface area contributed by atoms with E-state index in [0.717, 1.165) is 24.0 Å². The SMILES string of the molecule is NC(=O)c1occc1[C@@H]1CCC[C@](O)(C#Cc2cccc(Cl)c2)C1. The van der Waals surface area contributed by atoms with Crippen LogP contribution in [0.5, 0.6) is 0 Å². The molecule has 1 aliphatic rings. The maximum atomic E-state index is 11.5. The molecule has 5 heteroatoms. The van der Waals surface area contributed by atoms with Crippen molar-refractivity contribution in [1.29, 1.82) is 0 Å². The van der Waals surface area contributed by atoms with Crippen molar-refractivity contribution in [3.8, 4) is 11.8 Å². The number of hydrogen-bond acceptors (Lipinski definition) is 3. The zero-order valence-corrected chi connectivity index (χ0v) is 13.8. The minimum atomic E-state index is -1.10. The van der Waals surface area contributed by atoms with E-state index in [1.807, 2.05) is 12.1 Å². The Hall–Kier alpha value is -2.22. The number of rotatable bonds is 2. The van der Waals surface area contributed by atoms with Crippen molar-refractivity contribution < 1.29 is 14.3 Å². The largest absolute Gasteiger partial charge is 0.459 e. The highest BCUT2D eigenvalue weighted by atomic mass is 35.5. The summed E-state index contributed by atoms with van der Waals surface area (Å²) in [5.74, 6) is 5.56. The Morgan fingerprint density at radius 3 is 3.00 bits per heavy atom. The van der Waals surface area contributed by atoms with Crippen LogP contribution in [-0.4, -0.2) is 16.6 Å². The first kappa shape index (κ1) is 16.6. The van der Waals surface area contributed by atoms with Crippen LogP contribution in [0.25, 0.3) is 0 Å². The topological polar surface area (TPSA) is 76.5 Å². The molecular formula is C19H18ClNO3. The lowest BCUT2D eigenvalue weighted by atomic mass is 9.75. The van der Waals surface area contributed by atoms with E-state index in [2.05, 4.69) is 11.8 Å². The van der Waals surface area contributed by atoms with Gasteiger partial charge in [-0.3, -0.25) is 4.79 Å². The molecule has 4 nitrogen and oxygen atoms in total. The number of carbonyl (C=O) groups excluding carboxylic acids is 1. The fourth-order valence-corrected chi connectivity index (χ4v) is 3.42. The number of halogens is 1. The molecule has 1 amide bonds. The molecule has 1 aromatic carbocycles. The van der Waals surface area contributed by atoms with Crippen molar-refractivity contribution in [1.82, 2.24) is 0 Å². The zero-order valence-electron chi connectivity index (χ0n) is 13.1. The Kier molecular flexibility index (Phi) is 4.66. The Labute approximate surface area is 145 Å². The minimum Gasteiger partial charge on any atom is -0.459 e. The third-order valence-corrected chi connectivity index (χ3v) is 4.59. The molecule has 1 heterocycles. The number of benzene rings is 1. The molecule has 0 aliphatic heterocycles. The summed E-state index contributed by atoms with van der Waals surface area (Å²) in [5, 5.41) is 11.5. The third kappa shape index (κ3) is 3.64. The van der Waals surface area contributed by atoms with Gasteiger partial charge in [0.2, 0.25) is 0 Å². The summed E-state index contributed by atoms with van der Waals surface area (Å²) in [4.78, 5) is 11.5. The monoisotopic (exact) mass is 343 g/mol. The standard InChI is InChI=1S/C19H18ClNO3/c20-15-5-1-3-13(11-15)6-9-19(23)8-2-4-14(12-19)16-7-10-24-17(16)18(21)22/h1,3,5,7,10-11,14,23H,2,4,8,12H2,(H2,21,22)/t14-,19+/m1/s1. The lowest BCUT2D eigenvalue weighted by Gasteiger charge is -2.33. The molecule has 0 radical (unpaired) electrons. The second-order valence-electron chi connectivity index (χ2n) is 6.15. The van der Waals surface area contributed by atoms with Gasteiger partial charge in [0.1, 0.15) is 5.60 Å². The van der Waals surface area contributed by atoms with Gasteiger partial charge in [-0.1, -0.05) is 29.5 Å². The smallest absolute Gasteiger partial charge is 0.284 e. The second-order valence-corrected chi connectivity index (χ2v) is 6.59. The molecule has 0 spiro atoms. The second kappa shape index (κ2) is 6.72. The van der Waals surface area contributed by atoms with E-state index in [1.165, 1.54) is 6.26 Å². The Bertz CT molecular complexity index is 817. The average molecular weight is 344 g/mol. The van der Waals surface area contributed by atoms with E-state index in [9.17, 15) is 9.90 Å². The molecule has 0 saturated heterocycles. The summed E-state index contributed by atoms with van der Waals surface area (Å²) in [6.07, 6.45) is 4.18. The normalized spacial score (nSPS) is 23.3. The summed E-state index contributed by atoms with van der Waals surface area (Å²) >= 11 is 5.95. The molecule has 0 unspecified atom stereocenters. The van der Waals surface area contributed by atoms with Crippen molar-refractivity contribution in [3.05, 3.63) is 58.5 Å². The highest BCUT2D eigenvalue weighted by Crippen LogP contribution is 2.39. The maximum absolute atomic E-state index is 11.5. The van der Waals surface area contributed by atoms with Gasteiger partial charge >= 0.3 is 0 Å². The van der Waals surface area contributed by atoms with Gasteiger partial charge in [-0.15, -0.1) is 0 Å². The van der Waals surface area contributed by atoms with Gasteiger partial charge in [-0.2, -0.15) is 0 Å². The highest BCUT2D eigenvalue weighted by Gasteiger charge is 2.35. The van der Waals surface area contributed by atoms with Gasteiger partial charge in [0.25, 0.3) is 5.91 Å². The number of nitrogens with two attached hydrogens (primary N) is 1. The predicted molar refractivity (Wildman–Crippen MR) is 91.7 cm³/mol. The number of furan rings is 1. The van der Waals surface area contributed by atoms with Crippen molar-refractivity contribution >= 4 is 17.5 Å². The van der Waals surface area contributed by atoms with Crippen LogP contribution in [0.4, 0.5) is 0 Å². The lowest BCUT2D eigenvalue weighted by Crippen LogP contribution is -2.33. The van der Waals surface area contributed by atoms with Gasteiger partial charge in [0, 0.05) is 16.1 Å². The van der Waals surface area contributed by atoms with E-state index < -0.39 is 11.5 Å². The van der Waals surface area contributed by atoms with Crippen molar-refractivity contribution in [2.24, 2.45) is 5.73 Å². The molecule has 3 N–H and O–H groups in total. The molecular weight excluding hydrogens is 326 g/mol. The lowest BCUT2D eigenvalue weighted by molar-refractivity contribution is 0.0516. The Morgan fingerprint density at radius 2 is 2.25 bits per heavy atom. The first-order chi connectivity index (χ1) is 11.5. The molecule has 1 aromatic heterocycles. The van der Waals surface area contributed by atoms with E-state index in [-0.39, 0.29) is 11.7 Å². The summed E-state index contributed by atoms with van der Waals surface area (Å²) in [6, 6.07) is 8.97. The van der Waals surface area contributed by atoms with Crippen molar-refractivity contribution in [2.75, 3.05) is 0 Å².